The maximum Gasteiger partial charge on any atom is 0.249 e. The van der Waals surface area contributed by atoms with Gasteiger partial charge in [0.15, 0.2) is 11.5 Å². The highest BCUT2D eigenvalue weighted by atomic mass is 16.6. The van der Waals surface area contributed by atoms with Crippen LogP contribution in [-0.2, 0) is 11.2 Å². The van der Waals surface area contributed by atoms with Crippen molar-refractivity contribution in [3.05, 3.63) is 48.0 Å². The van der Waals surface area contributed by atoms with Crippen LogP contribution in [0.25, 0.3) is 0 Å². The minimum atomic E-state index is -0.337. The number of hydrogen-bond acceptors (Lipinski definition) is 4. The van der Waals surface area contributed by atoms with Crippen molar-refractivity contribution in [3.63, 3.8) is 0 Å². The molecule has 2 aromatic carbocycles. The molecule has 0 saturated carbocycles. The van der Waals surface area contributed by atoms with Gasteiger partial charge in [0.2, 0.25) is 5.91 Å². The number of nitrogens with zero attached hydrogens (tertiary/aromatic N) is 1. The summed E-state index contributed by atoms with van der Waals surface area (Å²) < 4.78 is 11.1. The van der Waals surface area contributed by atoms with Gasteiger partial charge in [0.1, 0.15) is 19.3 Å². The number of para-hydroxylation sites is 1. The molecule has 0 bridgehead atoms. The summed E-state index contributed by atoms with van der Waals surface area (Å²) in [6.07, 6.45) is 0.901. The summed E-state index contributed by atoms with van der Waals surface area (Å²) in [6.45, 7) is 5.11. The monoisotopic (exact) mass is 338 g/mol. The number of anilines is 2. The number of fused-ring (bicyclic) bond motifs is 2. The topological polar surface area (TPSA) is 50.8 Å². The van der Waals surface area contributed by atoms with E-state index >= 15 is 0 Å². The van der Waals surface area contributed by atoms with Crippen molar-refractivity contribution < 1.29 is 14.3 Å². The zero-order chi connectivity index (χ0) is 17.4. The van der Waals surface area contributed by atoms with Crippen molar-refractivity contribution in [1.29, 1.82) is 0 Å². The number of carbonyl (C=O) groups excluding carboxylic acids is 1. The van der Waals surface area contributed by atoms with Gasteiger partial charge >= 0.3 is 0 Å². The quantitative estimate of drug-likeness (QED) is 0.933. The lowest BCUT2D eigenvalue weighted by Gasteiger charge is -2.27. The van der Waals surface area contributed by atoms with Crippen molar-refractivity contribution in [2.45, 2.75) is 32.4 Å². The molecule has 0 saturated heterocycles. The lowest BCUT2D eigenvalue weighted by atomic mass is 10.1. The van der Waals surface area contributed by atoms with E-state index in [2.05, 4.69) is 18.3 Å². The van der Waals surface area contributed by atoms with Gasteiger partial charge in [0.25, 0.3) is 0 Å². The molecular formula is C20H22N2O3. The summed E-state index contributed by atoms with van der Waals surface area (Å²) in [5.74, 6) is 1.54. The molecule has 0 aromatic heterocycles. The van der Waals surface area contributed by atoms with Crippen LogP contribution < -0.4 is 19.7 Å². The van der Waals surface area contributed by atoms with E-state index in [0.29, 0.717) is 13.2 Å². The zero-order valence-electron chi connectivity index (χ0n) is 14.5. The summed E-state index contributed by atoms with van der Waals surface area (Å²) in [5, 5.41) is 3.29. The number of hydrogen-bond donors (Lipinski definition) is 1. The predicted octanol–water partition coefficient (Wildman–Crippen LogP) is 3.24. The Bertz CT molecular complexity index is 805. The molecule has 0 aliphatic carbocycles. The number of carbonyl (C=O) groups is 1. The smallest absolute Gasteiger partial charge is 0.249 e. The van der Waals surface area contributed by atoms with Gasteiger partial charge in [-0.25, -0.2) is 0 Å². The Morgan fingerprint density at radius 1 is 1.16 bits per heavy atom. The van der Waals surface area contributed by atoms with Crippen molar-refractivity contribution in [3.8, 4) is 11.5 Å². The Morgan fingerprint density at radius 3 is 2.76 bits per heavy atom. The van der Waals surface area contributed by atoms with Crippen molar-refractivity contribution in [2.75, 3.05) is 23.4 Å². The maximum atomic E-state index is 13.0. The van der Waals surface area contributed by atoms with Crippen LogP contribution in [-0.4, -0.2) is 31.2 Å². The molecule has 25 heavy (non-hydrogen) atoms. The van der Waals surface area contributed by atoms with Crippen LogP contribution in [0.4, 0.5) is 11.4 Å². The molecule has 5 heteroatoms. The average Bonchev–Trinajstić information content (AvgIpc) is 2.96. The van der Waals surface area contributed by atoms with E-state index in [1.54, 1.807) is 0 Å². The van der Waals surface area contributed by atoms with Gasteiger partial charge in [-0.3, -0.25) is 4.79 Å². The molecule has 2 aromatic rings. The number of rotatable bonds is 3. The fraction of sp³-hybridized carbons (Fsp3) is 0.350. The molecule has 2 heterocycles. The Hall–Kier alpha value is -2.69. The van der Waals surface area contributed by atoms with Crippen LogP contribution >= 0.6 is 0 Å². The molecule has 1 N–H and O–H groups in total. The van der Waals surface area contributed by atoms with Crippen molar-refractivity contribution in [1.82, 2.24) is 0 Å². The molecule has 0 unspecified atom stereocenters. The van der Waals surface area contributed by atoms with Gasteiger partial charge in [0, 0.05) is 23.5 Å². The van der Waals surface area contributed by atoms with E-state index in [1.807, 2.05) is 48.2 Å². The third-order valence-corrected chi connectivity index (χ3v) is 4.74. The molecule has 1 amide bonds. The Balaban J connectivity index is 1.51. The summed E-state index contributed by atoms with van der Waals surface area (Å²) in [6, 6.07) is 13.6. The largest absolute Gasteiger partial charge is 0.486 e. The molecule has 5 nitrogen and oxygen atoms in total. The van der Waals surface area contributed by atoms with Crippen molar-refractivity contribution >= 4 is 17.3 Å². The first-order valence-corrected chi connectivity index (χ1v) is 8.70. The zero-order valence-corrected chi connectivity index (χ0v) is 14.5. The van der Waals surface area contributed by atoms with Gasteiger partial charge in [-0.2, -0.15) is 0 Å². The first-order valence-electron chi connectivity index (χ1n) is 8.70. The standard InChI is InChI=1S/C20H22N2O3/c1-13-11-15-5-3-4-6-17(15)22(13)20(23)14(2)21-16-7-8-18-19(12-16)25-10-9-24-18/h3-8,12-14,21H,9-11H2,1-2H3/t13-,14+/m0/s1. The van der Waals surface area contributed by atoms with E-state index in [-0.39, 0.29) is 18.0 Å². The van der Waals surface area contributed by atoms with E-state index < -0.39 is 0 Å². The minimum Gasteiger partial charge on any atom is -0.486 e. The van der Waals surface area contributed by atoms with Gasteiger partial charge in [-0.15, -0.1) is 0 Å². The molecule has 2 aliphatic rings. The highest BCUT2D eigenvalue weighted by molar-refractivity contribution is 6.00. The molecule has 4 rings (SSSR count). The highest BCUT2D eigenvalue weighted by Crippen LogP contribution is 2.34. The van der Waals surface area contributed by atoms with Gasteiger partial charge < -0.3 is 19.7 Å². The van der Waals surface area contributed by atoms with Crippen LogP contribution in [0, 0.1) is 0 Å². The molecule has 0 radical (unpaired) electrons. The van der Waals surface area contributed by atoms with E-state index in [0.717, 1.165) is 29.3 Å². The maximum absolute atomic E-state index is 13.0. The van der Waals surface area contributed by atoms with E-state index in [1.165, 1.54) is 5.56 Å². The van der Waals surface area contributed by atoms with Crippen LogP contribution in [0.2, 0.25) is 0 Å². The van der Waals surface area contributed by atoms with Crippen molar-refractivity contribution in [2.24, 2.45) is 0 Å². The summed E-state index contributed by atoms with van der Waals surface area (Å²) >= 11 is 0. The summed E-state index contributed by atoms with van der Waals surface area (Å²) in [4.78, 5) is 14.9. The number of ether oxygens (including phenoxy) is 2. The van der Waals surface area contributed by atoms with E-state index in [4.69, 9.17) is 9.47 Å². The first kappa shape index (κ1) is 15.8. The average molecular weight is 338 g/mol. The molecule has 130 valence electrons. The Kier molecular flexibility index (Phi) is 3.99. The molecule has 2 atom stereocenters. The number of benzene rings is 2. The van der Waals surface area contributed by atoms with Crippen LogP contribution in [0.15, 0.2) is 42.5 Å². The second-order valence-electron chi connectivity index (χ2n) is 6.61. The molecule has 0 spiro atoms. The predicted molar refractivity (Wildman–Crippen MR) is 97.6 cm³/mol. The van der Waals surface area contributed by atoms with Crippen LogP contribution in [0.5, 0.6) is 11.5 Å². The van der Waals surface area contributed by atoms with Crippen LogP contribution in [0.1, 0.15) is 19.4 Å². The third kappa shape index (κ3) is 2.90. The van der Waals surface area contributed by atoms with Gasteiger partial charge in [-0.05, 0) is 44.0 Å². The molecular weight excluding hydrogens is 316 g/mol. The normalized spacial score (nSPS) is 19.3. The summed E-state index contributed by atoms with van der Waals surface area (Å²) in [5.41, 5.74) is 3.11. The Morgan fingerprint density at radius 2 is 1.92 bits per heavy atom. The van der Waals surface area contributed by atoms with Gasteiger partial charge in [-0.1, -0.05) is 18.2 Å². The lowest BCUT2D eigenvalue weighted by Crippen LogP contribution is -2.44. The lowest BCUT2D eigenvalue weighted by molar-refractivity contribution is -0.119. The fourth-order valence-corrected chi connectivity index (χ4v) is 3.55. The molecule has 0 fully saturated rings. The fourth-order valence-electron chi connectivity index (χ4n) is 3.55. The minimum absolute atomic E-state index is 0.0762. The number of nitrogens with one attached hydrogen (secondary N) is 1. The number of amides is 1. The van der Waals surface area contributed by atoms with E-state index in [9.17, 15) is 4.79 Å². The second kappa shape index (κ2) is 6.31. The second-order valence-corrected chi connectivity index (χ2v) is 6.61. The third-order valence-electron chi connectivity index (χ3n) is 4.74. The summed E-state index contributed by atoms with van der Waals surface area (Å²) in [7, 11) is 0. The first-order chi connectivity index (χ1) is 12.1. The van der Waals surface area contributed by atoms with Crippen LogP contribution in [0.3, 0.4) is 0 Å². The Labute approximate surface area is 147 Å². The molecule has 2 aliphatic heterocycles. The van der Waals surface area contributed by atoms with Gasteiger partial charge in [0.05, 0.1) is 0 Å². The highest BCUT2D eigenvalue weighted by Gasteiger charge is 2.33. The SMILES string of the molecule is C[C@@H](Nc1ccc2c(c1)OCCO2)C(=O)N1c2ccccc2C[C@@H]1C.